The lowest BCUT2D eigenvalue weighted by Crippen LogP contribution is -2.32. The van der Waals surface area contributed by atoms with Crippen molar-refractivity contribution >= 4 is 34.8 Å². The van der Waals surface area contributed by atoms with Crippen molar-refractivity contribution in [2.45, 2.75) is 13.8 Å². The zero-order valence-corrected chi connectivity index (χ0v) is 14.8. The van der Waals surface area contributed by atoms with Crippen molar-refractivity contribution in [1.29, 1.82) is 0 Å². The van der Waals surface area contributed by atoms with Crippen LogP contribution in [0.3, 0.4) is 0 Å². The van der Waals surface area contributed by atoms with Crippen molar-refractivity contribution in [3.63, 3.8) is 0 Å². The lowest BCUT2D eigenvalue weighted by atomic mass is 10.2. The zero-order chi connectivity index (χ0) is 18.1. The maximum absolute atomic E-state index is 12.8. The number of imide groups is 1. The topological polar surface area (TPSA) is 58.6 Å². The quantitative estimate of drug-likeness (QED) is 0.848. The van der Waals surface area contributed by atoms with Gasteiger partial charge in [0, 0.05) is 0 Å². The number of nitrogens with one attached hydrogen (secondary N) is 1. The van der Waals surface area contributed by atoms with Crippen LogP contribution >= 0.6 is 11.6 Å². The highest BCUT2D eigenvalue weighted by Gasteiger charge is 2.39. The van der Waals surface area contributed by atoms with Gasteiger partial charge in [0.2, 0.25) is 0 Å². The number of carbonyl (C=O) groups is 2. The highest BCUT2D eigenvalue weighted by molar-refractivity contribution is 6.53. The molecule has 128 valence electrons. The van der Waals surface area contributed by atoms with E-state index in [9.17, 15) is 9.59 Å². The minimum atomic E-state index is -0.550. The second-order valence-electron chi connectivity index (χ2n) is 5.80. The Kier molecular flexibility index (Phi) is 4.51. The first-order valence-corrected chi connectivity index (χ1v) is 8.07. The number of rotatable bonds is 4. The molecule has 1 aliphatic heterocycles. The largest absolute Gasteiger partial charge is 0.495 e. The van der Waals surface area contributed by atoms with Gasteiger partial charge in [-0.15, -0.1) is 0 Å². The molecule has 0 saturated heterocycles. The molecule has 1 N–H and O–H groups in total. The van der Waals surface area contributed by atoms with Gasteiger partial charge in [-0.1, -0.05) is 29.8 Å². The SMILES string of the molecule is COc1ccc(C)cc1NC1=C(Cl)C(=O)N(c2cccc(C)c2)C1=O. The molecule has 2 aromatic rings. The van der Waals surface area contributed by atoms with Gasteiger partial charge < -0.3 is 10.1 Å². The van der Waals surface area contributed by atoms with Crippen LogP contribution in [-0.4, -0.2) is 18.9 Å². The fraction of sp³-hybridized carbons (Fsp3) is 0.158. The van der Waals surface area contributed by atoms with E-state index in [0.29, 0.717) is 17.1 Å². The number of aryl methyl sites for hydroxylation is 2. The number of methoxy groups -OCH3 is 1. The molecule has 0 spiro atoms. The first-order chi connectivity index (χ1) is 11.9. The molecule has 0 saturated carbocycles. The molecule has 6 heteroatoms. The highest BCUT2D eigenvalue weighted by Crippen LogP contribution is 2.33. The van der Waals surface area contributed by atoms with E-state index in [-0.39, 0.29) is 10.7 Å². The van der Waals surface area contributed by atoms with Crippen LogP contribution in [0.2, 0.25) is 0 Å². The van der Waals surface area contributed by atoms with Gasteiger partial charge in [0.1, 0.15) is 16.5 Å². The Balaban J connectivity index is 1.97. The second kappa shape index (κ2) is 6.61. The molecule has 2 amide bonds. The van der Waals surface area contributed by atoms with Crippen molar-refractivity contribution in [3.8, 4) is 5.75 Å². The summed E-state index contributed by atoms with van der Waals surface area (Å²) in [7, 11) is 1.53. The van der Waals surface area contributed by atoms with Crippen LogP contribution in [0.25, 0.3) is 0 Å². The van der Waals surface area contributed by atoms with Crippen LogP contribution in [0.15, 0.2) is 53.2 Å². The van der Waals surface area contributed by atoms with Gasteiger partial charge in [-0.3, -0.25) is 9.59 Å². The number of hydrogen-bond donors (Lipinski definition) is 1. The average molecular weight is 357 g/mol. The Bertz CT molecular complexity index is 905. The van der Waals surface area contributed by atoms with Gasteiger partial charge in [0.15, 0.2) is 0 Å². The van der Waals surface area contributed by atoms with Crippen LogP contribution in [0.4, 0.5) is 11.4 Å². The third-order valence-corrected chi connectivity index (χ3v) is 4.25. The lowest BCUT2D eigenvalue weighted by Gasteiger charge is -2.16. The molecule has 2 aromatic carbocycles. The zero-order valence-electron chi connectivity index (χ0n) is 14.1. The standard InChI is InChI=1S/C19H17ClN2O3/c1-11-5-4-6-13(9-11)22-18(23)16(20)17(19(22)24)21-14-10-12(2)7-8-15(14)25-3/h4-10,21H,1-3H3. The fourth-order valence-corrected chi connectivity index (χ4v) is 2.88. The monoisotopic (exact) mass is 356 g/mol. The van der Waals surface area contributed by atoms with E-state index in [4.69, 9.17) is 16.3 Å². The Hall–Kier alpha value is -2.79. The maximum Gasteiger partial charge on any atom is 0.283 e. The van der Waals surface area contributed by atoms with Gasteiger partial charge in [-0.25, -0.2) is 4.90 Å². The number of halogens is 1. The number of anilines is 2. The van der Waals surface area contributed by atoms with Crippen LogP contribution in [0.1, 0.15) is 11.1 Å². The Labute approximate surface area is 150 Å². The van der Waals surface area contributed by atoms with E-state index >= 15 is 0 Å². The van der Waals surface area contributed by atoms with E-state index in [1.165, 1.54) is 7.11 Å². The average Bonchev–Trinajstić information content (AvgIpc) is 2.79. The summed E-state index contributed by atoms with van der Waals surface area (Å²) in [5.41, 5.74) is 3.02. The lowest BCUT2D eigenvalue weighted by molar-refractivity contribution is -0.120. The summed E-state index contributed by atoms with van der Waals surface area (Å²) in [6.45, 7) is 3.81. The molecular weight excluding hydrogens is 340 g/mol. The minimum absolute atomic E-state index is 0.0390. The van der Waals surface area contributed by atoms with Crippen LogP contribution in [0.5, 0.6) is 5.75 Å². The van der Waals surface area contributed by atoms with Gasteiger partial charge in [-0.05, 0) is 49.2 Å². The smallest absolute Gasteiger partial charge is 0.283 e. The number of nitrogens with zero attached hydrogens (tertiary/aromatic N) is 1. The van der Waals surface area contributed by atoms with Crippen LogP contribution in [0, 0.1) is 13.8 Å². The van der Waals surface area contributed by atoms with Crippen LogP contribution in [-0.2, 0) is 9.59 Å². The molecule has 0 aromatic heterocycles. The predicted octanol–water partition coefficient (Wildman–Crippen LogP) is 3.75. The number of hydrogen-bond acceptors (Lipinski definition) is 4. The normalized spacial score (nSPS) is 14.3. The van der Waals surface area contributed by atoms with Gasteiger partial charge in [0.05, 0.1) is 18.5 Å². The van der Waals surface area contributed by atoms with Crippen molar-refractivity contribution in [2.75, 3.05) is 17.3 Å². The Morgan fingerprint density at radius 2 is 1.72 bits per heavy atom. The molecule has 0 aliphatic carbocycles. The Morgan fingerprint density at radius 1 is 1.00 bits per heavy atom. The Morgan fingerprint density at radius 3 is 2.40 bits per heavy atom. The van der Waals surface area contributed by atoms with Gasteiger partial charge in [0.25, 0.3) is 11.8 Å². The molecule has 0 bridgehead atoms. The third-order valence-electron chi connectivity index (χ3n) is 3.90. The van der Waals surface area contributed by atoms with Crippen molar-refractivity contribution in [1.82, 2.24) is 0 Å². The highest BCUT2D eigenvalue weighted by atomic mass is 35.5. The number of amides is 2. The summed E-state index contributed by atoms with van der Waals surface area (Å²) in [4.78, 5) is 26.3. The molecule has 1 heterocycles. The molecule has 5 nitrogen and oxygen atoms in total. The minimum Gasteiger partial charge on any atom is -0.495 e. The molecule has 1 aliphatic rings. The number of carbonyl (C=O) groups excluding carboxylic acids is 2. The summed E-state index contributed by atoms with van der Waals surface area (Å²) in [6, 6.07) is 12.6. The maximum atomic E-state index is 12.8. The van der Waals surface area contributed by atoms with E-state index in [0.717, 1.165) is 16.0 Å². The molecule has 0 atom stereocenters. The summed E-state index contributed by atoms with van der Waals surface area (Å²) < 4.78 is 5.30. The molecule has 3 rings (SSSR count). The summed E-state index contributed by atoms with van der Waals surface area (Å²) >= 11 is 6.16. The molecule has 0 fully saturated rings. The summed E-state index contributed by atoms with van der Waals surface area (Å²) in [5, 5.41) is 2.81. The van der Waals surface area contributed by atoms with E-state index in [1.807, 2.05) is 32.0 Å². The molecular formula is C19H17ClN2O3. The van der Waals surface area contributed by atoms with Crippen molar-refractivity contribution in [2.24, 2.45) is 0 Å². The van der Waals surface area contributed by atoms with E-state index < -0.39 is 11.8 Å². The third kappa shape index (κ3) is 3.10. The second-order valence-corrected chi connectivity index (χ2v) is 6.18. The van der Waals surface area contributed by atoms with Crippen molar-refractivity contribution in [3.05, 3.63) is 64.3 Å². The summed E-state index contributed by atoms with van der Waals surface area (Å²) in [6.07, 6.45) is 0. The fourth-order valence-electron chi connectivity index (χ4n) is 2.67. The van der Waals surface area contributed by atoms with Crippen LogP contribution < -0.4 is 15.0 Å². The van der Waals surface area contributed by atoms with Gasteiger partial charge in [-0.2, -0.15) is 0 Å². The number of benzene rings is 2. The van der Waals surface area contributed by atoms with E-state index in [2.05, 4.69) is 5.32 Å². The summed E-state index contributed by atoms with van der Waals surface area (Å²) in [5.74, 6) is -0.493. The molecule has 0 unspecified atom stereocenters. The van der Waals surface area contributed by atoms with Crippen molar-refractivity contribution < 1.29 is 14.3 Å². The van der Waals surface area contributed by atoms with Gasteiger partial charge >= 0.3 is 0 Å². The first kappa shape index (κ1) is 17.0. The predicted molar refractivity (Wildman–Crippen MR) is 97.9 cm³/mol. The first-order valence-electron chi connectivity index (χ1n) is 7.69. The van der Waals surface area contributed by atoms with E-state index in [1.54, 1.807) is 24.3 Å². The molecule has 25 heavy (non-hydrogen) atoms. The molecule has 0 radical (unpaired) electrons. The number of ether oxygens (including phenoxy) is 1.